The number of rotatable bonds is 4. The van der Waals surface area contributed by atoms with Crippen LogP contribution in [-0.4, -0.2) is 50.4 Å². The molecule has 1 aromatic carbocycles. The zero-order chi connectivity index (χ0) is 19.8. The predicted molar refractivity (Wildman–Crippen MR) is 96.7 cm³/mol. The largest absolute Gasteiger partial charge is 0.459 e. The van der Waals surface area contributed by atoms with Crippen molar-refractivity contribution in [2.45, 2.75) is 24.3 Å². The zero-order valence-electron chi connectivity index (χ0n) is 13.5. The molecule has 144 valence electrons. The number of esters is 1. The van der Waals surface area contributed by atoms with Crippen LogP contribution in [0.2, 0.25) is 0 Å². The number of nitrogens with zero attached hydrogens (tertiary/aromatic N) is 1. The number of aliphatic hydroxyl groups is 2. The molecule has 1 aliphatic heterocycles. The maximum atomic E-state index is 14.7. The second-order valence-corrected chi connectivity index (χ2v) is 6.97. The number of aromatic amines is 1. The molecule has 2 heterocycles. The molecular formula is C16H14FIN2O7. The van der Waals surface area contributed by atoms with E-state index in [1.165, 1.54) is 12.1 Å². The fraction of sp³-hybridized carbons (Fsp3) is 0.312. The van der Waals surface area contributed by atoms with Gasteiger partial charge >= 0.3 is 11.7 Å². The number of carbonyl (C=O) groups is 1. The first-order valence-corrected chi connectivity index (χ1v) is 8.77. The summed E-state index contributed by atoms with van der Waals surface area (Å²) in [5.41, 5.74) is -1.48. The lowest BCUT2D eigenvalue weighted by atomic mass is 10.1. The summed E-state index contributed by atoms with van der Waals surface area (Å²) in [4.78, 5) is 37.2. The quantitative estimate of drug-likeness (QED) is 0.402. The molecule has 1 aliphatic rings. The number of alkyl halides is 1. The van der Waals surface area contributed by atoms with E-state index in [1.807, 2.05) is 4.98 Å². The normalized spacial score (nSPS) is 27.5. The third kappa shape index (κ3) is 3.81. The highest BCUT2D eigenvalue weighted by Gasteiger charge is 2.58. The van der Waals surface area contributed by atoms with Gasteiger partial charge in [-0.05, 0) is 34.7 Å². The van der Waals surface area contributed by atoms with Gasteiger partial charge in [0.2, 0.25) is 0 Å². The number of benzene rings is 1. The lowest BCUT2D eigenvalue weighted by molar-refractivity contribution is -0.197. The third-order valence-electron chi connectivity index (χ3n) is 3.98. The molecule has 1 saturated heterocycles. The van der Waals surface area contributed by atoms with Crippen LogP contribution in [0.3, 0.4) is 0 Å². The molecule has 1 aromatic heterocycles. The molecular weight excluding hydrogens is 478 g/mol. The van der Waals surface area contributed by atoms with Crippen molar-refractivity contribution < 1.29 is 28.9 Å². The molecule has 0 aliphatic carbocycles. The van der Waals surface area contributed by atoms with Gasteiger partial charge in [0.15, 0.2) is 6.23 Å². The molecule has 0 bridgehead atoms. The molecule has 0 unspecified atom stereocenters. The van der Waals surface area contributed by atoms with Crippen LogP contribution in [0.15, 0.2) is 46.1 Å². The van der Waals surface area contributed by atoms with Crippen LogP contribution in [-0.2, 0) is 9.47 Å². The standard InChI is InChI=1S/C16H14FIN2O7/c17-16(25)11(21)10(7-26-13(23)8-4-2-1-3-5-8)27-14(16)20-6-9(18)12(22)19-15(20)24/h1-6,10-11,14,21,25H,7H2,(H,19,22,24)/t10-,11-,14-,16-/m1/s1. The van der Waals surface area contributed by atoms with Crippen molar-refractivity contribution in [3.8, 4) is 0 Å². The second kappa shape index (κ2) is 7.50. The Hall–Kier alpha value is -2.09. The lowest BCUT2D eigenvalue weighted by Crippen LogP contribution is -2.46. The van der Waals surface area contributed by atoms with Crippen LogP contribution in [0, 0.1) is 3.57 Å². The Morgan fingerprint density at radius 1 is 1.37 bits per heavy atom. The van der Waals surface area contributed by atoms with E-state index in [-0.39, 0.29) is 9.13 Å². The van der Waals surface area contributed by atoms with E-state index in [0.29, 0.717) is 4.57 Å². The second-order valence-electron chi connectivity index (χ2n) is 5.81. The van der Waals surface area contributed by atoms with Gasteiger partial charge in [0.05, 0.1) is 9.13 Å². The number of aromatic nitrogens is 2. The number of nitrogens with one attached hydrogen (secondary N) is 1. The molecule has 27 heavy (non-hydrogen) atoms. The van der Waals surface area contributed by atoms with Crippen molar-refractivity contribution in [3.05, 3.63) is 66.5 Å². The SMILES string of the molecule is O=C(OC[C@H]1O[C@@H](n2cc(I)c(=O)[nH]c2=O)[C@@](O)(F)[C@@H]1O)c1ccccc1. The average Bonchev–Trinajstić information content (AvgIpc) is 2.86. The number of halogens is 2. The van der Waals surface area contributed by atoms with Crippen LogP contribution in [0.5, 0.6) is 0 Å². The summed E-state index contributed by atoms with van der Waals surface area (Å²) in [6.07, 6.45) is -4.48. The highest BCUT2D eigenvalue weighted by Crippen LogP contribution is 2.39. The minimum absolute atomic E-state index is 0.0417. The number of hydrogen-bond donors (Lipinski definition) is 3. The Labute approximate surface area is 164 Å². The first-order chi connectivity index (χ1) is 12.7. The van der Waals surface area contributed by atoms with Gasteiger partial charge in [-0.1, -0.05) is 18.2 Å². The molecule has 9 nitrogen and oxygen atoms in total. The first kappa shape index (κ1) is 19.7. The van der Waals surface area contributed by atoms with Gasteiger partial charge in [0.1, 0.15) is 18.8 Å². The van der Waals surface area contributed by atoms with Gasteiger partial charge in [-0.25, -0.2) is 14.0 Å². The molecule has 0 saturated carbocycles. The minimum Gasteiger partial charge on any atom is -0.459 e. The van der Waals surface area contributed by atoms with E-state index in [0.717, 1.165) is 6.20 Å². The minimum atomic E-state index is -3.35. The number of ether oxygens (including phenoxy) is 2. The van der Waals surface area contributed by atoms with Crippen molar-refractivity contribution in [2.75, 3.05) is 6.61 Å². The Balaban J connectivity index is 1.78. The van der Waals surface area contributed by atoms with E-state index in [4.69, 9.17) is 9.47 Å². The van der Waals surface area contributed by atoms with Crippen molar-refractivity contribution in [3.63, 3.8) is 0 Å². The molecule has 1 fully saturated rings. The Morgan fingerprint density at radius 3 is 2.70 bits per heavy atom. The van der Waals surface area contributed by atoms with E-state index in [2.05, 4.69) is 0 Å². The van der Waals surface area contributed by atoms with Crippen LogP contribution >= 0.6 is 22.6 Å². The highest BCUT2D eigenvalue weighted by atomic mass is 127. The molecule has 11 heteroatoms. The van der Waals surface area contributed by atoms with Gasteiger partial charge in [0, 0.05) is 6.20 Å². The summed E-state index contributed by atoms with van der Waals surface area (Å²) < 4.78 is 25.5. The number of H-pyrrole nitrogens is 1. The average molecular weight is 492 g/mol. The maximum Gasteiger partial charge on any atom is 0.338 e. The van der Waals surface area contributed by atoms with Crippen molar-refractivity contribution in [1.29, 1.82) is 0 Å². The summed E-state index contributed by atoms with van der Waals surface area (Å²) in [5.74, 6) is -4.08. The van der Waals surface area contributed by atoms with Crippen molar-refractivity contribution >= 4 is 28.6 Å². The first-order valence-electron chi connectivity index (χ1n) is 7.69. The molecule has 0 amide bonds. The van der Waals surface area contributed by atoms with E-state index >= 15 is 0 Å². The smallest absolute Gasteiger partial charge is 0.338 e. The zero-order valence-corrected chi connectivity index (χ0v) is 15.7. The topological polar surface area (TPSA) is 131 Å². The van der Waals surface area contributed by atoms with Gasteiger partial charge in [-0.3, -0.25) is 14.3 Å². The molecule has 4 atom stereocenters. The van der Waals surface area contributed by atoms with Crippen LogP contribution in [0.4, 0.5) is 4.39 Å². The monoisotopic (exact) mass is 492 g/mol. The third-order valence-corrected chi connectivity index (χ3v) is 4.75. The number of hydrogen-bond acceptors (Lipinski definition) is 7. The van der Waals surface area contributed by atoms with Gasteiger partial charge in [-0.2, -0.15) is 0 Å². The summed E-state index contributed by atoms with van der Waals surface area (Å²) in [7, 11) is 0. The van der Waals surface area contributed by atoms with Gasteiger partial charge in [0.25, 0.3) is 11.4 Å². The van der Waals surface area contributed by atoms with Gasteiger partial charge < -0.3 is 19.7 Å². The molecule has 3 N–H and O–H groups in total. The lowest BCUT2D eigenvalue weighted by Gasteiger charge is -2.23. The van der Waals surface area contributed by atoms with Crippen LogP contribution < -0.4 is 11.2 Å². The van der Waals surface area contributed by atoms with Crippen molar-refractivity contribution in [1.82, 2.24) is 9.55 Å². The summed E-state index contributed by atoms with van der Waals surface area (Å²) in [6.45, 7) is -0.563. The summed E-state index contributed by atoms with van der Waals surface area (Å²) >= 11 is 1.61. The fourth-order valence-corrected chi connectivity index (χ4v) is 3.02. The fourth-order valence-electron chi connectivity index (χ4n) is 2.58. The Kier molecular flexibility index (Phi) is 5.46. The van der Waals surface area contributed by atoms with Crippen LogP contribution in [0.1, 0.15) is 16.6 Å². The summed E-state index contributed by atoms with van der Waals surface area (Å²) in [6, 6.07) is 7.96. The van der Waals surface area contributed by atoms with E-state index in [1.54, 1.807) is 40.8 Å². The predicted octanol–water partition coefficient (Wildman–Crippen LogP) is -0.0854. The van der Waals surface area contributed by atoms with E-state index in [9.17, 15) is 29.0 Å². The highest BCUT2D eigenvalue weighted by molar-refractivity contribution is 14.1. The number of aliphatic hydroxyl groups excluding tert-OH is 1. The summed E-state index contributed by atoms with van der Waals surface area (Å²) in [5, 5.41) is 20.0. The molecule has 2 aromatic rings. The molecule has 0 spiro atoms. The number of carbonyl (C=O) groups excluding carboxylic acids is 1. The Bertz CT molecular complexity index is 959. The van der Waals surface area contributed by atoms with Crippen molar-refractivity contribution in [2.24, 2.45) is 0 Å². The van der Waals surface area contributed by atoms with E-state index < -0.39 is 48.1 Å². The Morgan fingerprint density at radius 2 is 2.04 bits per heavy atom. The molecule has 0 radical (unpaired) electrons. The maximum absolute atomic E-state index is 14.7. The molecule has 3 rings (SSSR count). The van der Waals surface area contributed by atoms with Gasteiger partial charge in [-0.15, -0.1) is 0 Å². The van der Waals surface area contributed by atoms with Crippen LogP contribution in [0.25, 0.3) is 0 Å².